The lowest BCUT2D eigenvalue weighted by Gasteiger charge is -2.41. The third kappa shape index (κ3) is 5.91. The first-order valence-corrected chi connectivity index (χ1v) is 15.5. The van der Waals surface area contributed by atoms with E-state index in [4.69, 9.17) is 11.6 Å². The zero-order valence-corrected chi connectivity index (χ0v) is 23.5. The van der Waals surface area contributed by atoms with Gasteiger partial charge in [-0.3, -0.25) is 9.59 Å². The Labute approximate surface area is 221 Å². The van der Waals surface area contributed by atoms with E-state index >= 15 is 0 Å². The number of carbonyl (C=O) groups excluding carboxylic acids is 2. The average molecular weight is 538 g/mol. The smallest absolute Gasteiger partial charge is 0.227 e. The number of amides is 2. The molecule has 1 aromatic carbocycles. The highest BCUT2D eigenvalue weighted by Gasteiger charge is 2.46. The van der Waals surface area contributed by atoms with Crippen molar-refractivity contribution in [3.05, 3.63) is 34.9 Å². The number of halogens is 1. The van der Waals surface area contributed by atoms with Crippen LogP contribution in [0.1, 0.15) is 64.4 Å². The van der Waals surface area contributed by atoms with Crippen LogP contribution in [-0.2, 0) is 19.6 Å². The quantitative estimate of drug-likeness (QED) is 0.550. The summed E-state index contributed by atoms with van der Waals surface area (Å²) in [5, 5.41) is 0.606. The number of benzene rings is 1. The summed E-state index contributed by atoms with van der Waals surface area (Å²) >= 11 is 6.07. The van der Waals surface area contributed by atoms with Crippen LogP contribution < -0.4 is 0 Å². The van der Waals surface area contributed by atoms with Crippen LogP contribution in [0, 0.1) is 17.8 Å². The molecule has 0 N–H and O–H groups in total. The molecule has 0 aromatic heterocycles. The summed E-state index contributed by atoms with van der Waals surface area (Å²) in [4.78, 5) is 31.1. The van der Waals surface area contributed by atoms with Gasteiger partial charge in [-0.05, 0) is 55.7 Å². The maximum absolute atomic E-state index is 13.8. The number of rotatable bonds is 6. The molecule has 0 spiro atoms. The van der Waals surface area contributed by atoms with Crippen molar-refractivity contribution in [2.24, 2.45) is 17.8 Å². The lowest BCUT2D eigenvalue weighted by molar-refractivity contribution is -0.142. The Bertz CT molecular complexity index is 1050. The fraction of sp³-hybridized carbons (Fsp3) is 0.704. The second kappa shape index (κ2) is 11.0. The number of likely N-dealkylation sites (tertiary alicyclic amines) is 1. The van der Waals surface area contributed by atoms with Gasteiger partial charge in [0.15, 0.2) is 0 Å². The van der Waals surface area contributed by atoms with E-state index in [9.17, 15) is 18.0 Å². The minimum atomic E-state index is -3.42. The summed E-state index contributed by atoms with van der Waals surface area (Å²) < 4.78 is 26.2. The Balaban J connectivity index is 1.52. The number of sulfonamides is 1. The fourth-order valence-electron chi connectivity index (χ4n) is 6.22. The minimum absolute atomic E-state index is 0.0159. The molecule has 2 amide bonds. The molecule has 3 fully saturated rings. The second-order valence-electron chi connectivity index (χ2n) is 11.4. The molecule has 36 heavy (non-hydrogen) atoms. The topological polar surface area (TPSA) is 78.0 Å². The highest BCUT2D eigenvalue weighted by atomic mass is 35.5. The van der Waals surface area contributed by atoms with Crippen molar-refractivity contribution in [2.75, 3.05) is 32.4 Å². The molecule has 2 aliphatic heterocycles. The van der Waals surface area contributed by atoms with Gasteiger partial charge in [0, 0.05) is 49.1 Å². The van der Waals surface area contributed by atoms with Crippen LogP contribution >= 0.6 is 11.6 Å². The largest absolute Gasteiger partial charge is 0.340 e. The minimum Gasteiger partial charge on any atom is -0.340 e. The molecule has 0 bridgehead atoms. The Morgan fingerprint density at radius 2 is 1.61 bits per heavy atom. The van der Waals surface area contributed by atoms with E-state index in [-0.39, 0.29) is 48.8 Å². The summed E-state index contributed by atoms with van der Waals surface area (Å²) in [7, 11) is -3.42. The molecule has 0 radical (unpaired) electrons. The molecule has 1 aromatic rings. The first kappa shape index (κ1) is 27.4. The van der Waals surface area contributed by atoms with Crippen LogP contribution in [0.15, 0.2) is 24.3 Å². The second-order valence-corrected chi connectivity index (χ2v) is 13.8. The third-order valence-electron chi connectivity index (χ3n) is 8.37. The highest BCUT2D eigenvalue weighted by molar-refractivity contribution is 7.88. The van der Waals surface area contributed by atoms with Gasteiger partial charge in [0.05, 0.1) is 18.2 Å². The monoisotopic (exact) mass is 537 g/mol. The van der Waals surface area contributed by atoms with Crippen LogP contribution in [0.3, 0.4) is 0 Å². The van der Waals surface area contributed by atoms with Gasteiger partial charge in [-0.1, -0.05) is 44.5 Å². The van der Waals surface area contributed by atoms with E-state index < -0.39 is 15.9 Å². The van der Waals surface area contributed by atoms with Crippen LogP contribution in [-0.4, -0.2) is 78.9 Å². The molecule has 3 aliphatic rings. The molecule has 4 rings (SSSR count). The van der Waals surface area contributed by atoms with Crippen molar-refractivity contribution in [1.29, 1.82) is 0 Å². The molecule has 200 valence electrons. The van der Waals surface area contributed by atoms with E-state index in [0.717, 1.165) is 37.7 Å². The first-order valence-electron chi connectivity index (χ1n) is 13.3. The van der Waals surface area contributed by atoms with Crippen LogP contribution in [0.2, 0.25) is 5.02 Å². The zero-order valence-electron chi connectivity index (χ0n) is 21.9. The molecule has 7 nitrogen and oxygen atoms in total. The van der Waals surface area contributed by atoms with Gasteiger partial charge in [-0.2, -0.15) is 0 Å². The Hall–Kier alpha value is -1.64. The maximum Gasteiger partial charge on any atom is 0.227 e. The van der Waals surface area contributed by atoms with E-state index in [1.54, 1.807) is 12.1 Å². The number of nitrogens with zero attached hydrogens (tertiary/aromatic N) is 3. The van der Waals surface area contributed by atoms with Crippen molar-refractivity contribution < 1.29 is 18.0 Å². The Kier molecular flexibility index (Phi) is 8.37. The summed E-state index contributed by atoms with van der Waals surface area (Å²) in [6.45, 7) is 7.76. The Morgan fingerprint density at radius 1 is 0.972 bits per heavy atom. The first-order chi connectivity index (χ1) is 17.0. The van der Waals surface area contributed by atoms with Crippen molar-refractivity contribution in [2.45, 2.75) is 70.9 Å². The lowest BCUT2D eigenvalue weighted by atomic mass is 9.85. The fourth-order valence-corrected chi connectivity index (χ4v) is 7.21. The van der Waals surface area contributed by atoms with Crippen molar-refractivity contribution in [3.63, 3.8) is 0 Å². The Morgan fingerprint density at radius 3 is 2.19 bits per heavy atom. The van der Waals surface area contributed by atoms with E-state index in [2.05, 4.69) is 11.8 Å². The maximum atomic E-state index is 13.8. The zero-order chi connectivity index (χ0) is 26.2. The van der Waals surface area contributed by atoms with Gasteiger partial charge in [-0.25, -0.2) is 12.7 Å². The summed E-state index contributed by atoms with van der Waals surface area (Å²) in [5.41, 5.74) is 0.924. The van der Waals surface area contributed by atoms with Gasteiger partial charge in [0.25, 0.3) is 0 Å². The van der Waals surface area contributed by atoms with Crippen molar-refractivity contribution in [3.8, 4) is 0 Å². The number of carbonyl (C=O) groups is 2. The molecule has 1 unspecified atom stereocenters. The van der Waals surface area contributed by atoms with E-state index in [1.165, 1.54) is 10.6 Å². The molecule has 1 saturated carbocycles. The normalized spacial score (nSPS) is 29.6. The lowest BCUT2D eigenvalue weighted by Crippen LogP contribution is -2.51. The number of hydrogen-bond acceptors (Lipinski definition) is 4. The van der Waals surface area contributed by atoms with Crippen LogP contribution in [0.4, 0.5) is 0 Å². The molecule has 3 atom stereocenters. The number of hydrogen-bond donors (Lipinski definition) is 0. The predicted molar refractivity (Wildman–Crippen MR) is 142 cm³/mol. The predicted octanol–water partition coefficient (Wildman–Crippen LogP) is 3.98. The van der Waals surface area contributed by atoms with Gasteiger partial charge in [0.2, 0.25) is 21.8 Å². The SMILES string of the molecule is CC1CCC(N(C(=O)C(C)C)[C@H]2CCN(C(=O)C3CN(S(C)(=O)=O)C[C@H]3c3ccc(Cl)cc3)C2)CC1. The molecule has 1 aliphatic carbocycles. The van der Waals surface area contributed by atoms with Gasteiger partial charge >= 0.3 is 0 Å². The van der Waals surface area contributed by atoms with Crippen LogP contribution in [0.25, 0.3) is 0 Å². The molecular formula is C27H40ClN3O4S. The standard InChI is InChI=1S/C27H40ClN3O4S/c1-18(2)26(32)31(22-11-5-19(3)6-12-22)23-13-14-29(15-23)27(33)25-17-30(36(4,34)35)16-24(25)20-7-9-21(28)10-8-20/h7-10,18-19,22-25H,5-6,11-17H2,1-4H3/t19?,22?,23-,24-,25?/m0/s1. The van der Waals surface area contributed by atoms with Crippen molar-refractivity contribution >= 4 is 33.4 Å². The van der Waals surface area contributed by atoms with Gasteiger partial charge < -0.3 is 9.80 Å². The molecule has 9 heteroatoms. The molecular weight excluding hydrogens is 498 g/mol. The third-order valence-corrected chi connectivity index (χ3v) is 9.85. The van der Waals surface area contributed by atoms with Gasteiger partial charge in [-0.15, -0.1) is 0 Å². The highest BCUT2D eigenvalue weighted by Crippen LogP contribution is 2.37. The van der Waals surface area contributed by atoms with E-state index in [0.29, 0.717) is 24.0 Å². The van der Waals surface area contributed by atoms with Crippen molar-refractivity contribution in [1.82, 2.24) is 14.1 Å². The summed E-state index contributed by atoms with van der Waals surface area (Å²) in [6, 6.07) is 7.61. The van der Waals surface area contributed by atoms with Crippen LogP contribution in [0.5, 0.6) is 0 Å². The molecule has 2 heterocycles. The van der Waals surface area contributed by atoms with E-state index in [1.807, 2.05) is 30.9 Å². The summed E-state index contributed by atoms with van der Waals surface area (Å²) in [6.07, 6.45) is 6.28. The average Bonchev–Trinajstić information content (AvgIpc) is 3.48. The molecule has 2 saturated heterocycles. The van der Waals surface area contributed by atoms with Gasteiger partial charge in [0.1, 0.15) is 0 Å². The summed E-state index contributed by atoms with van der Waals surface area (Å²) in [5.74, 6) is 0.0985.